The van der Waals surface area contributed by atoms with Gasteiger partial charge in [-0.15, -0.1) is 0 Å². The average Bonchev–Trinajstić information content (AvgIpc) is 2.35. The van der Waals surface area contributed by atoms with Gasteiger partial charge >= 0.3 is 0 Å². The Balaban J connectivity index is 2.31. The number of nitrogens with zero attached hydrogens (tertiary/aromatic N) is 1. The van der Waals surface area contributed by atoms with Gasteiger partial charge in [0.15, 0.2) is 0 Å². The van der Waals surface area contributed by atoms with E-state index in [9.17, 15) is 4.79 Å². The Labute approximate surface area is 106 Å². The van der Waals surface area contributed by atoms with E-state index in [-0.39, 0.29) is 0 Å². The van der Waals surface area contributed by atoms with Gasteiger partial charge < -0.3 is 10.6 Å². The summed E-state index contributed by atoms with van der Waals surface area (Å²) in [5, 5.41) is 0. The molecule has 1 aliphatic heterocycles. The second-order valence-electron chi connectivity index (χ2n) is 5.12. The summed E-state index contributed by atoms with van der Waals surface area (Å²) in [5.74, 6) is 0.375. The van der Waals surface area contributed by atoms with Crippen LogP contribution in [0.1, 0.15) is 64.7 Å². The fourth-order valence-electron chi connectivity index (χ4n) is 2.70. The number of hydrogen-bond acceptors (Lipinski definition) is 2. The lowest BCUT2D eigenvalue weighted by molar-refractivity contribution is -0.135. The van der Waals surface area contributed by atoms with Gasteiger partial charge in [-0.05, 0) is 45.1 Å². The quantitative estimate of drug-likeness (QED) is 0.695. The molecule has 2 N–H and O–H groups in total. The van der Waals surface area contributed by atoms with Gasteiger partial charge in [0.25, 0.3) is 0 Å². The van der Waals surface area contributed by atoms with Crippen LogP contribution in [0.3, 0.4) is 0 Å². The predicted octanol–water partition coefficient (Wildman–Crippen LogP) is 2.69. The Bertz CT molecular complexity index is 216. The van der Waals surface area contributed by atoms with Crippen molar-refractivity contribution in [3.05, 3.63) is 0 Å². The largest absolute Gasteiger partial charge is 0.340 e. The number of rotatable bonds is 7. The van der Waals surface area contributed by atoms with Crippen molar-refractivity contribution in [3.8, 4) is 0 Å². The minimum absolute atomic E-state index is 0.375. The van der Waals surface area contributed by atoms with E-state index in [1.165, 1.54) is 32.1 Å². The van der Waals surface area contributed by atoms with Crippen molar-refractivity contribution in [2.75, 3.05) is 13.1 Å². The van der Waals surface area contributed by atoms with Gasteiger partial charge in [0.1, 0.15) is 0 Å². The number of hydrogen-bond donors (Lipinski definition) is 1. The minimum atomic E-state index is 0.375. The van der Waals surface area contributed by atoms with Gasteiger partial charge in [0.05, 0.1) is 0 Å². The first-order chi connectivity index (χ1) is 8.29. The van der Waals surface area contributed by atoms with Crippen LogP contribution >= 0.6 is 0 Å². The molecule has 0 aromatic heterocycles. The fourth-order valence-corrected chi connectivity index (χ4v) is 2.70. The summed E-state index contributed by atoms with van der Waals surface area (Å²) in [6.07, 6.45) is 9.92. The highest BCUT2D eigenvalue weighted by Crippen LogP contribution is 2.22. The third kappa shape index (κ3) is 5.07. The monoisotopic (exact) mass is 240 g/mol. The SMILES string of the molecule is CCCC1CCCCN1C(=O)CCCCCN. The van der Waals surface area contributed by atoms with Gasteiger partial charge in [-0.25, -0.2) is 0 Å². The topological polar surface area (TPSA) is 46.3 Å². The summed E-state index contributed by atoms with van der Waals surface area (Å²) in [7, 11) is 0. The molecule has 1 unspecified atom stereocenters. The third-order valence-electron chi connectivity index (χ3n) is 3.66. The molecule has 17 heavy (non-hydrogen) atoms. The molecule has 0 aromatic rings. The lowest BCUT2D eigenvalue weighted by Crippen LogP contribution is -2.43. The second kappa shape index (κ2) is 8.51. The first kappa shape index (κ1) is 14.5. The van der Waals surface area contributed by atoms with Crippen LogP contribution in [-0.2, 0) is 4.79 Å². The van der Waals surface area contributed by atoms with Crippen LogP contribution in [0.25, 0.3) is 0 Å². The molecule has 1 aliphatic rings. The minimum Gasteiger partial charge on any atom is -0.340 e. The van der Waals surface area contributed by atoms with E-state index in [1.807, 2.05) is 0 Å². The molecule has 1 amide bonds. The average molecular weight is 240 g/mol. The molecule has 1 heterocycles. The molecule has 1 fully saturated rings. The molecule has 1 atom stereocenters. The second-order valence-corrected chi connectivity index (χ2v) is 5.12. The number of likely N-dealkylation sites (tertiary alicyclic amines) is 1. The van der Waals surface area contributed by atoms with Crippen LogP contribution in [0, 0.1) is 0 Å². The standard InChI is InChI=1S/C14H28N2O/c1-2-8-13-9-5-7-12-16(13)14(17)10-4-3-6-11-15/h13H,2-12,15H2,1H3. The summed E-state index contributed by atoms with van der Waals surface area (Å²) in [6.45, 7) is 3.94. The molecular weight excluding hydrogens is 212 g/mol. The summed E-state index contributed by atoms with van der Waals surface area (Å²) >= 11 is 0. The fraction of sp³-hybridized carbons (Fsp3) is 0.929. The lowest BCUT2D eigenvalue weighted by Gasteiger charge is -2.36. The van der Waals surface area contributed by atoms with Crippen molar-refractivity contribution in [1.29, 1.82) is 0 Å². The van der Waals surface area contributed by atoms with Crippen molar-refractivity contribution in [2.24, 2.45) is 5.73 Å². The maximum Gasteiger partial charge on any atom is 0.222 e. The highest BCUT2D eigenvalue weighted by molar-refractivity contribution is 5.76. The smallest absolute Gasteiger partial charge is 0.222 e. The molecular formula is C14H28N2O. The van der Waals surface area contributed by atoms with Gasteiger partial charge in [-0.1, -0.05) is 19.8 Å². The normalized spacial score (nSPS) is 20.6. The van der Waals surface area contributed by atoms with Gasteiger partial charge in [-0.3, -0.25) is 4.79 Å². The number of carbonyl (C=O) groups is 1. The zero-order valence-corrected chi connectivity index (χ0v) is 11.3. The molecule has 0 saturated carbocycles. The zero-order valence-electron chi connectivity index (χ0n) is 11.3. The van der Waals surface area contributed by atoms with Crippen molar-refractivity contribution in [2.45, 2.75) is 70.8 Å². The summed E-state index contributed by atoms with van der Waals surface area (Å²) in [4.78, 5) is 14.3. The van der Waals surface area contributed by atoms with Gasteiger partial charge in [0.2, 0.25) is 5.91 Å². The number of unbranched alkanes of at least 4 members (excludes halogenated alkanes) is 2. The molecule has 1 rings (SSSR count). The van der Waals surface area contributed by atoms with Crippen LogP contribution in [-0.4, -0.2) is 29.9 Å². The molecule has 1 saturated heterocycles. The number of piperidine rings is 1. The Morgan fingerprint density at radius 3 is 2.82 bits per heavy atom. The van der Waals surface area contributed by atoms with Crippen molar-refractivity contribution >= 4 is 5.91 Å². The van der Waals surface area contributed by atoms with E-state index >= 15 is 0 Å². The molecule has 0 radical (unpaired) electrons. The molecule has 0 aromatic carbocycles. The van der Waals surface area contributed by atoms with Crippen LogP contribution < -0.4 is 5.73 Å². The first-order valence-corrected chi connectivity index (χ1v) is 7.29. The lowest BCUT2D eigenvalue weighted by atomic mass is 9.97. The van der Waals surface area contributed by atoms with Gasteiger partial charge in [-0.2, -0.15) is 0 Å². The maximum absolute atomic E-state index is 12.1. The zero-order chi connectivity index (χ0) is 12.5. The van der Waals surface area contributed by atoms with Crippen LogP contribution in [0.2, 0.25) is 0 Å². The van der Waals surface area contributed by atoms with Gasteiger partial charge in [0, 0.05) is 19.0 Å². The van der Waals surface area contributed by atoms with E-state index in [0.29, 0.717) is 11.9 Å². The van der Waals surface area contributed by atoms with E-state index < -0.39 is 0 Å². The molecule has 100 valence electrons. The predicted molar refractivity (Wildman–Crippen MR) is 71.8 cm³/mol. The van der Waals surface area contributed by atoms with Crippen LogP contribution in [0.5, 0.6) is 0 Å². The molecule has 0 aliphatic carbocycles. The molecule has 3 heteroatoms. The van der Waals surface area contributed by atoms with Crippen LogP contribution in [0.15, 0.2) is 0 Å². The van der Waals surface area contributed by atoms with Crippen molar-refractivity contribution in [1.82, 2.24) is 4.90 Å². The van der Waals surface area contributed by atoms with Crippen molar-refractivity contribution in [3.63, 3.8) is 0 Å². The molecule has 0 bridgehead atoms. The highest BCUT2D eigenvalue weighted by atomic mass is 16.2. The van der Waals surface area contributed by atoms with Crippen LogP contribution in [0.4, 0.5) is 0 Å². The molecule has 3 nitrogen and oxygen atoms in total. The number of carbonyl (C=O) groups excluding carboxylic acids is 1. The summed E-state index contributed by atoms with van der Waals surface area (Å²) in [5.41, 5.74) is 5.45. The maximum atomic E-state index is 12.1. The number of nitrogens with two attached hydrogens (primary N) is 1. The Hall–Kier alpha value is -0.570. The van der Waals surface area contributed by atoms with Crippen molar-refractivity contribution < 1.29 is 4.79 Å². The first-order valence-electron chi connectivity index (χ1n) is 7.29. The number of amides is 1. The van der Waals surface area contributed by atoms with E-state index in [1.54, 1.807) is 0 Å². The highest BCUT2D eigenvalue weighted by Gasteiger charge is 2.25. The van der Waals surface area contributed by atoms with E-state index in [4.69, 9.17) is 5.73 Å². The summed E-state index contributed by atoms with van der Waals surface area (Å²) < 4.78 is 0. The van der Waals surface area contributed by atoms with E-state index in [0.717, 1.165) is 38.8 Å². The Morgan fingerprint density at radius 1 is 1.29 bits per heavy atom. The molecule has 0 spiro atoms. The third-order valence-corrected chi connectivity index (χ3v) is 3.66. The van der Waals surface area contributed by atoms with E-state index in [2.05, 4.69) is 11.8 Å². The Kier molecular flexibility index (Phi) is 7.25. The Morgan fingerprint density at radius 2 is 2.12 bits per heavy atom. The summed E-state index contributed by atoms with van der Waals surface area (Å²) in [6, 6.07) is 0.524.